The number of rotatable bonds is 8. The van der Waals surface area contributed by atoms with Gasteiger partial charge in [0.15, 0.2) is 9.84 Å². The van der Waals surface area contributed by atoms with Gasteiger partial charge in [-0.05, 0) is 80.2 Å². The lowest BCUT2D eigenvalue weighted by molar-refractivity contribution is -0.146. The molecule has 0 spiro atoms. The molecule has 6 heterocycles. The van der Waals surface area contributed by atoms with Gasteiger partial charge < -0.3 is 25.3 Å². The zero-order valence-corrected chi connectivity index (χ0v) is 30.9. The van der Waals surface area contributed by atoms with Gasteiger partial charge in [0.05, 0.1) is 10.9 Å². The zero-order valence-electron chi connectivity index (χ0n) is 30.1. The van der Waals surface area contributed by atoms with E-state index in [0.29, 0.717) is 58.7 Å². The summed E-state index contributed by atoms with van der Waals surface area (Å²) in [5.74, 6) is -0.350. The number of nitrogens with one attached hydrogen (secondary N) is 2. The smallest absolute Gasteiger partial charge is 0.246 e. The van der Waals surface area contributed by atoms with Crippen LogP contribution < -0.4 is 10.6 Å². The molecule has 0 aromatic heterocycles. The van der Waals surface area contributed by atoms with E-state index in [1.165, 1.54) is 6.26 Å². The van der Waals surface area contributed by atoms with Crippen molar-refractivity contribution in [3.8, 4) is 0 Å². The highest BCUT2D eigenvalue weighted by Crippen LogP contribution is 2.35. The van der Waals surface area contributed by atoms with E-state index in [4.69, 9.17) is 0 Å². The first kappa shape index (κ1) is 36.5. The van der Waals surface area contributed by atoms with Crippen molar-refractivity contribution in [2.24, 2.45) is 11.8 Å². The molecule has 5 atom stereocenters. The van der Waals surface area contributed by atoms with Crippen LogP contribution in [0.2, 0.25) is 0 Å². The first-order valence-electron chi connectivity index (χ1n) is 19.0. The fourth-order valence-electron chi connectivity index (χ4n) is 9.23. The van der Waals surface area contributed by atoms with Crippen LogP contribution in [0.4, 0.5) is 0 Å². The fraction of sp³-hybridized carbons (Fsp3) is 0.590. The second-order valence-corrected chi connectivity index (χ2v) is 17.5. The first-order chi connectivity index (χ1) is 25.0. The number of amides is 4. The molecule has 12 nitrogen and oxygen atoms in total. The van der Waals surface area contributed by atoms with Crippen molar-refractivity contribution in [1.29, 1.82) is 0 Å². The minimum atomic E-state index is -3.31. The molecule has 13 heteroatoms. The van der Waals surface area contributed by atoms with Gasteiger partial charge >= 0.3 is 0 Å². The third kappa shape index (κ3) is 8.06. The summed E-state index contributed by atoms with van der Waals surface area (Å²) < 4.78 is 23.9. The molecule has 6 aliphatic rings. The van der Waals surface area contributed by atoms with Crippen molar-refractivity contribution in [2.75, 3.05) is 45.5 Å². The standard InChI is InChI=1S/C39H52N6O6S/c1-52(50,51)32-11-9-28(10-12-32)24-40-33-16-21-45-36(47)23-30-26-43(18-13-29(30)22-35(46)41-25-27-6-3-2-4-7-27)38(48)34-8-5-17-44(34)31-14-19-42(20-15-31)39(49)37(33)45/h2-4,6-7,9-12,29-31,33-34,37,40H,5,8,13-26H2,1H3,(H,41,46)/t29-,30-,33+,34-,37-/m0/s1. The van der Waals surface area contributed by atoms with Crippen LogP contribution in [0.25, 0.3) is 0 Å². The molecule has 52 heavy (non-hydrogen) atoms. The van der Waals surface area contributed by atoms with Gasteiger partial charge in [-0.1, -0.05) is 42.5 Å². The lowest BCUT2D eigenvalue weighted by Gasteiger charge is -2.42. The van der Waals surface area contributed by atoms with Gasteiger partial charge in [-0.2, -0.15) is 0 Å². The summed E-state index contributed by atoms with van der Waals surface area (Å²) in [5, 5.41) is 6.60. The van der Waals surface area contributed by atoms with Crippen LogP contribution in [-0.4, -0.2) is 121 Å². The van der Waals surface area contributed by atoms with Crippen molar-refractivity contribution in [1.82, 2.24) is 30.2 Å². The quantitative estimate of drug-likeness (QED) is 0.422. The summed E-state index contributed by atoms with van der Waals surface area (Å²) in [7, 11) is -3.31. The van der Waals surface area contributed by atoms with Crippen LogP contribution in [0.1, 0.15) is 62.5 Å². The van der Waals surface area contributed by atoms with E-state index < -0.39 is 15.9 Å². The van der Waals surface area contributed by atoms with Gasteiger partial charge in [-0.15, -0.1) is 0 Å². The summed E-state index contributed by atoms with van der Waals surface area (Å²) in [6.07, 6.45) is 6.27. The van der Waals surface area contributed by atoms with Crippen molar-refractivity contribution < 1.29 is 27.6 Å². The summed E-state index contributed by atoms with van der Waals surface area (Å²) in [6, 6.07) is 15.6. The number of carbonyl (C=O) groups is 4. The molecule has 4 amide bonds. The number of carbonyl (C=O) groups excluding carboxylic acids is 4. The molecule has 0 unspecified atom stereocenters. The van der Waals surface area contributed by atoms with Gasteiger partial charge in [-0.3, -0.25) is 24.1 Å². The Balaban J connectivity index is 1.12. The normalized spacial score (nSPS) is 28.7. The summed E-state index contributed by atoms with van der Waals surface area (Å²) in [4.78, 5) is 64.5. The Kier molecular flexibility index (Phi) is 11.0. The molecule has 6 fully saturated rings. The summed E-state index contributed by atoms with van der Waals surface area (Å²) >= 11 is 0. The third-order valence-corrected chi connectivity index (χ3v) is 13.3. The Bertz CT molecular complexity index is 1730. The molecule has 2 aromatic carbocycles. The van der Waals surface area contributed by atoms with E-state index in [0.717, 1.165) is 43.4 Å². The topological polar surface area (TPSA) is 139 Å². The molecule has 6 aliphatic heterocycles. The molecule has 0 radical (unpaired) electrons. The van der Waals surface area contributed by atoms with Crippen molar-refractivity contribution >= 4 is 33.5 Å². The third-order valence-electron chi connectivity index (χ3n) is 12.1. The van der Waals surface area contributed by atoms with Gasteiger partial charge in [0.2, 0.25) is 23.6 Å². The molecular formula is C39H52N6O6S. The number of hydrogen-bond donors (Lipinski definition) is 2. The van der Waals surface area contributed by atoms with Gasteiger partial charge in [0.1, 0.15) is 6.04 Å². The van der Waals surface area contributed by atoms with E-state index in [9.17, 15) is 27.6 Å². The molecule has 0 aliphatic carbocycles. The van der Waals surface area contributed by atoms with E-state index >= 15 is 0 Å². The molecule has 280 valence electrons. The van der Waals surface area contributed by atoms with E-state index in [-0.39, 0.29) is 71.3 Å². The number of hydrogen-bond acceptors (Lipinski definition) is 8. The van der Waals surface area contributed by atoms with E-state index in [1.54, 1.807) is 29.2 Å². The Morgan fingerprint density at radius 1 is 0.788 bits per heavy atom. The van der Waals surface area contributed by atoms with Gasteiger partial charge in [0.25, 0.3) is 0 Å². The van der Waals surface area contributed by atoms with Crippen molar-refractivity contribution in [3.05, 3.63) is 65.7 Å². The molecule has 6 saturated heterocycles. The van der Waals surface area contributed by atoms with Gasteiger partial charge in [0, 0.05) is 77.0 Å². The monoisotopic (exact) mass is 732 g/mol. The van der Waals surface area contributed by atoms with Crippen LogP contribution in [0, 0.1) is 11.8 Å². The average Bonchev–Trinajstić information content (AvgIpc) is 3.81. The molecular weight excluding hydrogens is 681 g/mol. The van der Waals surface area contributed by atoms with Crippen molar-refractivity contribution in [2.45, 2.75) is 93.5 Å². The maximum atomic E-state index is 14.4. The van der Waals surface area contributed by atoms with Crippen LogP contribution in [0.5, 0.6) is 0 Å². The minimum absolute atomic E-state index is 0.0414. The summed E-state index contributed by atoms with van der Waals surface area (Å²) in [6.45, 7) is 4.36. The average molecular weight is 733 g/mol. The zero-order chi connectivity index (χ0) is 36.4. The number of benzene rings is 2. The second kappa shape index (κ2) is 15.7. The van der Waals surface area contributed by atoms with Crippen LogP contribution in [-0.2, 0) is 42.1 Å². The molecule has 2 N–H and O–H groups in total. The predicted octanol–water partition coefficient (Wildman–Crippen LogP) is 2.18. The number of fused-ring (bicyclic) bond motifs is 3. The Hall–Kier alpha value is -3.81. The highest BCUT2D eigenvalue weighted by Gasteiger charge is 2.47. The second-order valence-electron chi connectivity index (χ2n) is 15.4. The molecule has 2 aromatic rings. The minimum Gasteiger partial charge on any atom is -0.352 e. The molecule has 4 bridgehead atoms. The van der Waals surface area contributed by atoms with E-state index in [1.807, 2.05) is 40.1 Å². The van der Waals surface area contributed by atoms with Crippen LogP contribution in [0.15, 0.2) is 59.5 Å². The Morgan fingerprint density at radius 3 is 2.23 bits per heavy atom. The van der Waals surface area contributed by atoms with E-state index in [2.05, 4.69) is 15.5 Å². The SMILES string of the molecule is CS(=O)(=O)c1ccc(CN[C@@H]2CCN3C(=O)C[C@H]4CN(CC[C@H]4CC(=O)NCc4ccccc4)C(=O)[C@@H]4CCCN4C4CCN(CC4)C(=O)[C@H]23)cc1. The Morgan fingerprint density at radius 2 is 1.50 bits per heavy atom. The summed E-state index contributed by atoms with van der Waals surface area (Å²) in [5.41, 5.74) is 1.91. The Labute approximate surface area is 307 Å². The number of sulfone groups is 1. The number of nitrogens with zero attached hydrogens (tertiary/aromatic N) is 4. The maximum absolute atomic E-state index is 14.4. The van der Waals surface area contributed by atoms with Crippen LogP contribution in [0.3, 0.4) is 0 Å². The predicted molar refractivity (Wildman–Crippen MR) is 195 cm³/mol. The van der Waals surface area contributed by atoms with Gasteiger partial charge in [-0.25, -0.2) is 8.42 Å². The fourth-order valence-corrected chi connectivity index (χ4v) is 9.86. The lowest BCUT2D eigenvalue weighted by Crippen LogP contribution is -2.57. The molecule has 8 rings (SSSR count). The molecule has 0 saturated carbocycles. The maximum Gasteiger partial charge on any atom is 0.246 e. The van der Waals surface area contributed by atoms with Crippen LogP contribution >= 0.6 is 0 Å². The largest absolute Gasteiger partial charge is 0.352 e. The highest BCUT2D eigenvalue weighted by molar-refractivity contribution is 7.90. The van der Waals surface area contributed by atoms with Crippen molar-refractivity contribution in [3.63, 3.8) is 0 Å². The lowest BCUT2D eigenvalue weighted by atomic mass is 9.80. The number of piperidine rings is 2. The highest BCUT2D eigenvalue weighted by atomic mass is 32.2. The first-order valence-corrected chi connectivity index (χ1v) is 20.9.